The van der Waals surface area contributed by atoms with Gasteiger partial charge in [-0.05, 0) is 209 Å². The van der Waals surface area contributed by atoms with Gasteiger partial charge in [0.25, 0.3) is 5.69 Å². The number of fused-ring (bicyclic) bond motifs is 36. The Morgan fingerprint density at radius 1 is 0.667 bits per heavy atom. The molecular weight excluding hydrogens is 939 g/mol. The summed E-state index contributed by atoms with van der Waals surface area (Å²) in [6.07, 6.45) is 0.104. The van der Waals surface area contributed by atoms with E-state index in [1.54, 1.807) is 17.9 Å². The van der Waals surface area contributed by atoms with E-state index in [-0.39, 0.29) is 66.5 Å². The minimum absolute atomic E-state index is 0.105. The number of rotatable bonds is 14. The van der Waals surface area contributed by atoms with E-state index in [1.807, 2.05) is 48.5 Å². The Hall–Kier alpha value is -5.37. The lowest BCUT2D eigenvalue weighted by atomic mass is 9.05. The summed E-state index contributed by atoms with van der Waals surface area (Å²) in [7, 11) is 1.47. The molecule has 0 bridgehead atoms. The van der Waals surface area contributed by atoms with E-state index in [1.165, 1.54) is 19.1 Å². The Bertz CT molecular complexity index is 3120. The molecular formula is C64H69N3O8. The molecule has 17 rings (SSSR count). The van der Waals surface area contributed by atoms with E-state index in [9.17, 15) is 24.5 Å². The average Bonchev–Trinajstić information content (AvgIpc) is 3.39. The van der Waals surface area contributed by atoms with Crippen molar-refractivity contribution in [1.29, 1.82) is 0 Å². The fourth-order valence-electron chi connectivity index (χ4n) is 23.8. The van der Waals surface area contributed by atoms with E-state index < -0.39 is 11.0 Å². The molecule has 14 aliphatic rings. The predicted octanol–water partition coefficient (Wildman–Crippen LogP) is 9.70. The summed E-state index contributed by atoms with van der Waals surface area (Å²) in [4.78, 5) is 54.0. The van der Waals surface area contributed by atoms with Gasteiger partial charge in [0.15, 0.2) is 11.5 Å². The second-order valence-electron chi connectivity index (χ2n) is 27.2. The van der Waals surface area contributed by atoms with Gasteiger partial charge < -0.3 is 24.4 Å². The molecule has 2 amide bonds. The summed E-state index contributed by atoms with van der Waals surface area (Å²) in [5.41, 5.74) is 3.40. The predicted molar refractivity (Wildman–Crippen MR) is 276 cm³/mol. The number of nitro groups is 1. The third-order valence-corrected chi connectivity index (χ3v) is 26.2. The van der Waals surface area contributed by atoms with Crippen LogP contribution in [-0.4, -0.2) is 43.0 Å². The highest BCUT2D eigenvalue weighted by Crippen LogP contribution is 2.99. The summed E-state index contributed by atoms with van der Waals surface area (Å²) in [5, 5.41) is 15.4. The van der Waals surface area contributed by atoms with E-state index in [0.717, 1.165) is 164 Å². The molecule has 29 unspecified atom stereocenters. The van der Waals surface area contributed by atoms with Crippen LogP contribution in [0.1, 0.15) is 81.7 Å². The molecule has 3 aromatic carbocycles. The zero-order chi connectivity index (χ0) is 50.5. The lowest BCUT2D eigenvalue weighted by molar-refractivity contribution is -0.527. The number of benzene rings is 3. The maximum absolute atomic E-state index is 13.8. The van der Waals surface area contributed by atoms with Gasteiger partial charge in [-0.3, -0.25) is 24.5 Å². The first kappa shape index (κ1) is 44.7. The summed E-state index contributed by atoms with van der Waals surface area (Å²) >= 11 is 0. The molecule has 29 atom stereocenters. The topological polar surface area (TPSA) is 137 Å². The van der Waals surface area contributed by atoms with Gasteiger partial charge in [-0.1, -0.05) is 62.9 Å². The van der Waals surface area contributed by atoms with Crippen molar-refractivity contribution in [1.82, 2.24) is 5.32 Å². The monoisotopic (exact) mass is 1010 g/mol. The first-order valence-electron chi connectivity index (χ1n) is 29.4. The molecule has 3 aromatic rings. The molecule has 11 nitrogen and oxygen atoms in total. The van der Waals surface area contributed by atoms with Gasteiger partial charge in [-0.25, -0.2) is 0 Å². The third-order valence-electron chi connectivity index (χ3n) is 26.2. The molecule has 0 aromatic heterocycles. The fourth-order valence-corrected chi connectivity index (χ4v) is 23.8. The molecule has 0 spiro atoms. The van der Waals surface area contributed by atoms with Crippen molar-refractivity contribution >= 4 is 29.2 Å². The number of anilines is 1. The van der Waals surface area contributed by atoms with Crippen LogP contribution < -0.4 is 19.7 Å². The Morgan fingerprint density at radius 2 is 1.17 bits per heavy atom. The van der Waals surface area contributed by atoms with Gasteiger partial charge in [-0.2, -0.15) is 0 Å². The highest BCUT2D eigenvalue weighted by Gasteiger charge is 2.95. The molecule has 1 aliphatic heterocycles. The Kier molecular flexibility index (Phi) is 9.07. The minimum Gasteiger partial charge on any atom is -0.493 e. The normalized spacial score (nSPS) is 47.7. The smallest absolute Gasteiger partial charge is 0.306 e. The zero-order valence-corrected chi connectivity index (χ0v) is 43.6. The number of hydrogen-bond donors (Lipinski definition) is 1. The number of nitro benzene ring substituents is 1. The van der Waals surface area contributed by atoms with E-state index in [2.05, 4.69) is 37.9 Å². The van der Waals surface area contributed by atoms with Crippen LogP contribution in [0.4, 0.5) is 11.4 Å². The molecule has 1 N–H and O–H groups in total. The Morgan fingerprint density at radius 3 is 1.75 bits per heavy atom. The van der Waals surface area contributed by atoms with Crippen LogP contribution in [0.25, 0.3) is 0 Å². The van der Waals surface area contributed by atoms with Crippen molar-refractivity contribution in [3.63, 3.8) is 0 Å². The van der Waals surface area contributed by atoms with Gasteiger partial charge in [0.05, 0.1) is 42.5 Å². The fraction of sp³-hybridized carbons (Fsp3) is 0.641. The highest BCUT2D eigenvalue weighted by atomic mass is 16.6. The molecule has 1 heterocycles. The second kappa shape index (κ2) is 15.2. The molecule has 13 aliphatic carbocycles. The van der Waals surface area contributed by atoms with Crippen molar-refractivity contribution in [3.8, 4) is 23.3 Å². The lowest BCUT2D eigenvalue weighted by Crippen LogP contribution is -2.96. The lowest BCUT2D eigenvalue weighted by Gasteiger charge is -2.99. The van der Waals surface area contributed by atoms with Crippen LogP contribution in [0.5, 0.6) is 11.5 Å². The van der Waals surface area contributed by atoms with E-state index >= 15 is 0 Å². The number of para-hydroxylation sites is 1. The maximum atomic E-state index is 13.8. The molecule has 75 heavy (non-hydrogen) atoms. The number of nitrogens with one attached hydrogen (secondary N) is 1. The van der Waals surface area contributed by atoms with Gasteiger partial charge in [-0.15, -0.1) is 0 Å². The largest absolute Gasteiger partial charge is 0.493 e. The van der Waals surface area contributed by atoms with E-state index in [4.69, 9.17) is 14.2 Å². The van der Waals surface area contributed by atoms with Crippen molar-refractivity contribution in [2.75, 3.05) is 25.2 Å². The van der Waals surface area contributed by atoms with Gasteiger partial charge in [0, 0.05) is 36.9 Å². The second-order valence-corrected chi connectivity index (χ2v) is 27.2. The first-order chi connectivity index (χ1) is 36.5. The molecule has 11 heteroatoms. The first-order valence-corrected chi connectivity index (χ1v) is 29.4. The average molecular weight is 1010 g/mol. The molecule has 0 radical (unpaired) electrons. The van der Waals surface area contributed by atoms with Crippen LogP contribution in [0.2, 0.25) is 0 Å². The minimum atomic E-state index is -0.852. The number of carbonyl (C=O) groups excluding carboxylic acids is 3. The molecule has 13 saturated carbocycles. The van der Waals surface area contributed by atoms with Gasteiger partial charge in [0.1, 0.15) is 6.10 Å². The third kappa shape index (κ3) is 5.26. The summed E-state index contributed by atoms with van der Waals surface area (Å²) < 4.78 is 17.7. The van der Waals surface area contributed by atoms with Crippen LogP contribution in [0.15, 0.2) is 60.7 Å². The number of nitrogens with zero attached hydrogens (tertiary/aromatic N) is 2. The van der Waals surface area contributed by atoms with Crippen molar-refractivity contribution in [3.05, 3.63) is 93.0 Å². The van der Waals surface area contributed by atoms with Crippen molar-refractivity contribution in [2.24, 2.45) is 166 Å². The number of esters is 1. The quantitative estimate of drug-likeness (QED) is 0.0421. The van der Waals surface area contributed by atoms with E-state index in [0.29, 0.717) is 37.1 Å². The summed E-state index contributed by atoms with van der Waals surface area (Å²) in [5.74, 6) is 34.3. The van der Waals surface area contributed by atoms with Crippen LogP contribution in [0.3, 0.4) is 0 Å². The molecule has 0 saturated heterocycles. The van der Waals surface area contributed by atoms with Crippen LogP contribution in [0, 0.1) is 188 Å². The number of amides is 2. The van der Waals surface area contributed by atoms with Crippen LogP contribution >= 0.6 is 0 Å². The standard InChI is InChI=1S/C64H69N3O8/c1-25-26(2)42-41(25)45-46(42)50-49(45)53-54(50)58-57(53)61-62(58)64-60-56-52-48-44-32(27(3)43(44)47(48)51(52)55(56)59(60)63(61)64)22-40(70)75-28(4)33-21-36(73-5)37(23-35(33)67(71)72)74-20-10-15-38(68)65-19-18-39(69)66-24-31-13-7-6-11-29(31)16-17-30-12-8-9-14-34(30)66/h6-9,11-14,21,23,25-28,32,41-64H,10,15,18-20,22,24H2,1-5H3,(H,65,68). The SMILES string of the molecule is COc1cc(C(C)OC(=O)CC2C(C)C3C2C2C3C3C2C2C3C3C2C2C4C5C6C7C8C9C(C)C(C)C9C8C7C6C5C4C32)c([N+](=O)[O-])cc1OCCCC(=O)NCCC(=O)N1Cc2ccccc2C#Cc2ccccc21. The van der Waals surface area contributed by atoms with Gasteiger partial charge in [0.2, 0.25) is 11.8 Å². The Balaban J connectivity index is 0.484. The zero-order valence-electron chi connectivity index (χ0n) is 43.6. The van der Waals surface area contributed by atoms with Crippen LogP contribution in [-0.2, 0) is 25.7 Å². The number of carbonyl (C=O) groups is 3. The number of methoxy groups -OCH3 is 1. The van der Waals surface area contributed by atoms with Gasteiger partial charge >= 0.3 is 5.97 Å². The number of hydrogen-bond acceptors (Lipinski definition) is 8. The summed E-state index contributed by atoms with van der Waals surface area (Å²) in [6, 6.07) is 18.3. The molecule has 13 fully saturated rings. The number of ether oxygens (including phenoxy) is 3. The maximum Gasteiger partial charge on any atom is 0.306 e. The van der Waals surface area contributed by atoms with Crippen molar-refractivity contribution in [2.45, 2.75) is 66.0 Å². The van der Waals surface area contributed by atoms with Crippen molar-refractivity contribution < 1.29 is 33.5 Å². The highest BCUT2D eigenvalue weighted by molar-refractivity contribution is 5.95. The summed E-state index contributed by atoms with van der Waals surface area (Å²) in [6.45, 7) is 9.87. The Labute approximate surface area is 439 Å². The molecule has 388 valence electrons.